The molecule has 5 atom stereocenters. The third-order valence-electron chi connectivity index (χ3n) is 6.25. The minimum absolute atomic E-state index is 0.0533. The molecule has 0 aromatic heterocycles. The van der Waals surface area contributed by atoms with E-state index in [9.17, 15) is 24.9 Å². The molecule has 1 aliphatic carbocycles. The van der Waals surface area contributed by atoms with Crippen LogP contribution in [0.4, 0.5) is 0 Å². The Hall–Kier alpha value is -1.80. The van der Waals surface area contributed by atoms with Crippen LogP contribution < -0.4 is 5.48 Å². The van der Waals surface area contributed by atoms with Gasteiger partial charge in [-0.3, -0.25) is 14.8 Å². The fourth-order valence-corrected chi connectivity index (χ4v) is 4.45. The lowest BCUT2D eigenvalue weighted by atomic mass is 9.84. The van der Waals surface area contributed by atoms with E-state index >= 15 is 0 Å². The Bertz CT molecular complexity index is 677. The van der Waals surface area contributed by atoms with Crippen molar-refractivity contribution in [2.45, 2.75) is 83.0 Å². The van der Waals surface area contributed by atoms with Gasteiger partial charge in [-0.1, -0.05) is 49.1 Å². The first-order chi connectivity index (χ1) is 14.3. The number of rotatable bonds is 12. The van der Waals surface area contributed by atoms with Gasteiger partial charge in [-0.2, -0.15) is 0 Å². The van der Waals surface area contributed by atoms with Crippen LogP contribution in [0.15, 0.2) is 24.3 Å². The van der Waals surface area contributed by atoms with Crippen LogP contribution >= 0.6 is 0 Å². The maximum atomic E-state index is 12.4. The summed E-state index contributed by atoms with van der Waals surface area (Å²) in [6.07, 6.45) is 3.13. The van der Waals surface area contributed by atoms with E-state index in [1.807, 2.05) is 19.1 Å². The second-order valence-electron chi connectivity index (χ2n) is 8.51. The van der Waals surface area contributed by atoms with Crippen molar-refractivity contribution in [3.8, 4) is 0 Å². The molecule has 7 nitrogen and oxygen atoms in total. The highest BCUT2D eigenvalue weighted by molar-refractivity contribution is 5.99. The maximum absolute atomic E-state index is 12.4. The zero-order chi connectivity index (χ0) is 22.1. The van der Waals surface area contributed by atoms with E-state index in [-0.39, 0.29) is 36.4 Å². The lowest BCUT2D eigenvalue weighted by Crippen LogP contribution is -2.26. The van der Waals surface area contributed by atoms with Gasteiger partial charge in [0.25, 0.3) is 0 Å². The number of aliphatic hydroxyl groups excluding tert-OH is 3. The summed E-state index contributed by atoms with van der Waals surface area (Å²) >= 11 is 0. The molecule has 0 bridgehead atoms. The van der Waals surface area contributed by atoms with Crippen LogP contribution in [0.2, 0.25) is 0 Å². The Balaban J connectivity index is 1.78. The van der Waals surface area contributed by atoms with Crippen LogP contribution in [0.1, 0.15) is 73.7 Å². The van der Waals surface area contributed by atoms with Crippen molar-refractivity contribution in [1.82, 2.24) is 5.48 Å². The van der Waals surface area contributed by atoms with Crippen molar-refractivity contribution in [3.05, 3.63) is 35.4 Å². The number of unbranched alkanes of at least 4 members (excludes halogenated alkanes) is 3. The number of nitrogens with one attached hydrogen (secondary N) is 1. The molecule has 7 heteroatoms. The van der Waals surface area contributed by atoms with Crippen molar-refractivity contribution < 1.29 is 30.1 Å². The second kappa shape index (κ2) is 12.2. The van der Waals surface area contributed by atoms with Crippen LogP contribution in [0, 0.1) is 18.8 Å². The second-order valence-corrected chi connectivity index (χ2v) is 8.51. The van der Waals surface area contributed by atoms with Crippen molar-refractivity contribution in [1.29, 1.82) is 0 Å². The number of benzene rings is 1. The molecule has 0 saturated heterocycles. The number of hydrogen-bond donors (Lipinski definition) is 5. The van der Waals surface area contributed by atoms with Gasteiger partial charge < -0.3 is 15.3 Å². The number of carbonyl (C=O) groups is 2. The van der Waals surface area contributed by atoms with E-state index in [0.29, 0.717) is 24.8 Å². The van der Waals surface area contributed by atoms with Crippen LogP contribution in [0.5, 0.6) is 0 Å². The molecule has 0 spiro atoms. The Morgan fingerprint density at radius 1 is 1.00 bits per heavy atom. The molecule has 2 rings (SSSR count). The first-order valence-electron chi connectivity index (χ1n) is 10.9. The summed E-state index contributed by atoms with van der Waals surface area (Å²) in [5.74, 6) is -0.891. The van der Waals surface area contributed by atoms with E-state index in [4.69, 9.17) is 5.21 Å². The molecule has 1 amide bonds. The number of carbonyl (C=O) groups excluding carboxylic acids is 2. The largest absolute Gasteiger partial charge is 0.393 e. The highest BCUT2D eigenvalue weighted by atomic mass is 16.5. The fraction of sp³-hybridized carbons (Fsp3) is 0.652. The molecule has 1 fully saturated rings. The minimum atomic E-state index is -1.11. The molecule has 0 aliphatic heterocycles. The summed E-state index contributed by atoms with van der Waals surface area (Å²) in [6, 6.07) is 7.09. The monoisotopic (exact) mass is 421 g/mol. The lowest BCUT2D eigenvalue weighted by Gasteiger charge is -2.24. The average Bonchev–Trinajstić information content (AvgIpc) is 3.00. The molecule has 30 heavy (non-hydrogen) atoms. The zero-order valence-electron chi connectivity index (χ0n) is 17.7. The Morgan fingerprint density at radius 3 is 2.23 bits per heavy atom. The highest BCUT2D eigenvalue weighted by Crippen LogP contribution is 2.39. The van der Waals surface area contributed by atoms with Gasteiger partial charge in [-0.15, -0.1) is 0 Å². The average molecular weight is 422 g/mol. The number of hydrogen-bond acceptors (Lipinski definition) is 6. The van der Waals surface area contributed by atoms with E-state index < -0.39 is 18.3 Å². The van der Waals surface area contributed by atoms with Crippen molar-refractivity contribution in [3.63, 3.8) is 0 Å². The number of amides is 1. The van der Waals surface area contributed by atoms with Gasteiger partial charge in [0.2, 0.25) is 5.91 Å². The molecule has 1 aromatic carbocycles. The molecule has 0 heterocycles. The smallest absolute Gasteiger partial charge is 0.243 e. The predicted molar refractivity (Wildman–Crippen MR) is 112 cm³/mol. The number of Topliss-reactive ketones (excluding diaryl/α,β-unsaturated/α-hetero) is 1. The number of ketones is 1. The summed E-state index contributed by atoms with van der Waals surface area (Å²) in [4.78, 5) is 23.4. The molecule has 2 unspecified atom stereocenters. The van der Waals surface area contributed by atoms with Crippen molar-refractivity contribution >= 4 is 11.7 Å². The predicted octanol–water partition coefficient (Wildman–Crippen LogP) is 2.52. The Morgan fingerprint density at radius 2 is 1.60 bits per heavy atom. The summed E-state index contributed by atoms with van der Waals surface area (Å²) in [5, 5.41) is 39.5. The third kappa shape index (κ3) is 7.16. The molecule has 0 radical (unpaired) electrons. The molecular weight excluding hydrogens is 386 g/mol. The van der Waals surface area contributed by atoms with E-state index in [0.717, 1.165) is 31.2 Å². The van der Waals surface area contributed by atoms with Gasteiger partial charge in [-0.25, -0.2) is 5.48 Å². The van der Waals surface area contributed by atoms with Crippen molar-refractivity contribution in [2.24, 2.45) is 11.8 Å². The van der Waals surface area contributed by atoms with Gasteiger partial charge >= 0.3 is 0 Å². The summed E-state index contributed by atoms with van der Waals surface area (Å²) < 4.78 is 0. The van der Waals surface area contributed by atoms with Crippen LogP contribution in [-0.4, -0.2) is 50.5 Å². The van der Waals surface area contributed by atoms with Gasteiger partial charge in [-0.05, 0) is 50.9 Å². The van der Waals surface area contributed by atoms with Crippen LogP contribution in [-0.2, 0) is 4.79 Å². The molecular formula is C23H35NO6. The summed E-state index contributed by atoms with van der Waals surface area (Å²) in [7, 11) is 0. The molecule has 5 N–H and O–H groups in total. The minimum Gasteiger partial charge on any atom is -0.393 e. The van der Waals surface area contributed by atoms with E-state index in [1.165, 1.54) is 0 Å². The SMILES string of the molecule is Cc1ccc(C(=O)C(O)CC[C@@H]2C(CCCCCCC(=O)NO)[C@@H](O)C[C@H]2O)cc1. The normalized spacial score (nSPS) is 24.6. The Kier molecular flexibility index (Phi) is 9.91. The van der Waals surface area contributed by atoms with E-state index in [2.05, 4.69) is 0 Å². The van der Waals surface area contributed by atoms with Crippen molar-refractivity contribution in [2.75, 3.05) is 0 Å². The topological polar surface area (TPSA) is 127 Å². The van der Waals surface area contributed by atoms with Crippen LogP contribution in [0.3, 0.4) is 0 Å². The lowest BCUT2D eigenvalue weighted by molar-refractivity contribution is -0.129. The standard InChI is InChI=1S/C23H35NO6/c1-15-8-10-16(11-9-15)23(29)19(25)13-12-18-17(20(26)14-21(18)27)6-4-2-3-5-7-22(28)24-30/h8-11,17-21,25-27,30H,2-7,12-14H2,1H3,(H,24,28)/t17?,18-,19?,20+,21-/m1/s1. The number of hydroxylamine groups is 1. The van der Waals surface area contributed by atoms with E-state index in [1.54, 1.807) is 17.6 Å². The quantitative estimate of drug-likeness (QED) is 0.153. The van der Waals surface area contributed by atoms with Gasteiger partial charge in [0.15, 0.2) is 5.78 Å². The zero-order valence-corrected chi connectivity index (χ0v) is 17.7. The maximum Gasteiger partial charge on any atom is 0.243 e. The first-order valence-corrected chi connectivity index (χ1v) is 10.9. The molecule has 168 valence electrons. The first kappa shape index (κ1) is 24.5. The fourth-order valence-electron chi connectivity index (χ4n) is 4.45. The van der Waals surface area contributed by atoms with Gasteiger partial charge in [0.1, 0.15) is 6.10 Å². The van der Waals surface area contributed by atoms with Gasteiger partial charge in [0, 0.05) is 12.0 Å². The molecule has 1 aliphatic rings. The summed E-state index contributed by atoms with van der Waals surface area (Å²) in [5.41, 5.74) is 3.14. The number of aryl methyl sites for hydroxylation is 1. The van der Waals surface area contributed by atoms with Gasteiger partial charge in [0.05, 0.1) is 12.2 Å². The molecule has 1 aromatic rings. The Labute approximate surface area is 178 Å². The molecule has 1 saturated carbocycles. The number of aliphatic hydroxyl groups is 3. The summed E-state index contributed by atoms with van der Waals surface area (Å²) in [6.45, 7) is 1.93. The highest BCUT2D eigenvalue weighted by Gasteiger charge is 2.41. The third-order valence-corrected chi connectivity index (χ3v) is 6.25. The van der Waals surface area contributed by atoms with Crippen LogP contribution in [0.25, 0.3) is 0 Å².